The van der Waals surface area contributed by atoms with E-state index in [1.807, 2.05) is 4.90 Å². The van der Waals surface area contributed by atoms with Gasteiger partial charge >= 0.3 is 0 Å². The SMILES string of the molecule is COc1ccc(S(=O)(=O)N2CCCC(C(=O)N3CCN(CCN4CCCC4)CC3)C2)cc1. The standard InChI is InChI=1S/C23H36N4O4S/c1-31-21-6-8-22(9-7-21)32(29,30)27-12-4-5-20(19-27)23(28)26-17-15-25(16-18-26)14-13-24-10-2-3-11-24/h6-9,20H,2-5,10-19H2,1H3. The van der Waals surface area contributed by atoms with Crippen molar-refractivity contribution in [1.82, 2.24) is 19.0 Å². The second kappa shape index (κ2) is 10.5. The molecule has 0 aliphatic carbocycles. The molecule has 1 amide bonds. The van der Waals surface area contributed by atoms with Gasteiger partial charge in [0.15, 0.2) is 0 Å². The fraction of sp³-hybridized carbons (Fsp3) is 0.696. The first-order valence-electron chi connectivity index (χ1n) is 11.8. The van der Waals surface area contributed by atoms with Crippen LogP contribution in [0.25, 0.3) is 0 Å². The lowest BCUT2D eigenvalue weighted by Gasteiger charge is -2.39. The van der Waals surface area contributed by atoms with E-state index in [9.17, 15) is 13.2 Å². The van der Waals surface area contributed by atoms with Gasteiger partial charge in [-0.25, -0.2) is 8.42 Å². The van der Waals surface area contributed by atoms with Crippen LogP contribution in [-0.2, 0) is 14.8 Å². The van der Waals surface area contributed by atoms with Crippen molar-refractivity contribution in [3.8, 4) is 5.75 Å². The van der Waals surface area contributed by atoms with Crippen molar-refractivity contribution in [3.05, 3.63) is 24.3 Å². The van der Waals surface area contributed by atoms with Gasteiger partial charge in [-0.2, -0.15) is 4.31 Å². The van der Waals surface area contributed by atoms with Gasteiger partial charge in [0.2, 0.25) is 15.9 Å². The Balaban J connectivity index is 1.29. The van der Waals surface area contributed by atoms with Crippen molar-refractivity contribution < 1.29 is 17.9 Å². The summed E-state index contributed by atoms with van der Waals surface area (Å²) in [5, 5.41) is 0. The zero-order valence-electron chi connectivity index (χ0n) is 19.1. The molecule has 0 N–H and O–H groups in total. The number of hydrogen-bond donors (Lipinski definition) is 0. The molecule has 3 saturated heterocycles. The fourth-order valence-electron chi connectivity index (χ4n) is 5.00. The predicted octanol–water partition coefficient (Wildman–Crippen LogP) is 1.34. The van der Waals surface area contributed by atoms with E-state index < -0.39 is 10.0 Å². The Morgan fingerprint density at radius 2 is 1.53 bits per heavy atom. The minimum Gasteiger partial charge on any atom is -0.497 e. The number of ether oxygens (including phenoxy) is 1. The van der Waals surface area contributed by atoms with Gasteiger partial charge in [0.1, 0.15) is 5.75 Å². The van der Waals surface area contributed by atoms with E-state index in [1.54, 1.807) is 31.4 Å². The molecular formula is C23H36N4O4S. The number of nitrogens with zero attached hydrogens (tertiary/aromatic N) is 4. The van der Waals surface area contributed by atoms with E-state index in [-0.39, 0.29) is 23.3 Å². The number of carbonyl (C=O) groups excluding carboxylic acids is 1. The second-order valence-corrected chi connectivity index (χ2v) is 11.0. The molecule has 0 radical (unpaired) electrons. The Hall–Kier alpha value is -1.68. The highest BCUT2D eigenvalue weighted by Gasteiger charge is 2.35. The maximum absolute atomic E-state index is 13.2. The Morgan fingerprint density at radius 1 is 0.906 bits per heavy atom. The molecule has 1 atom stereocenters. The van der Waals surface area contributed by atoms with Gasteiger partial charge in [0, 0.05) is 52.4 Å². The van der Waals surface area contributed by atoms with Gasteiger partial charge in [-0.1, -0.05) is 0 Å². The summed E-state index contributed by atoms with van der Waals surface area (Å²) < 4.78 is 32.8. The van der Waals surface area contributed by atoms with Gasteiger partial charge < -0.3 is 14.5 Å². The molecule has 178 valence electrons. The number of benzene rings is 1. The Kier molecular flexibility index (Phi) is 7.70. The zero-order chi connectivity index (χ0) is 22.6. The number of likely N-dealkylation sites (tertiary alicyclic amines) is 1. The molecule has 32 heavy (non-hydrogen) atoms. The number of piperidine rings is 1. The van der Waals surface area contributed by atoms with Crippen LogP contribution in [0.15, 0.2) is 29.2 Å². The zero-order valence-corrected chi connectivity index (χ0v) is 19.9. The maximum Gasteiger partial charge on any atom is 0.243 e. The maximum atomic E-state index is 13.2. The average molecular weight is 465 g/mol. The van der Waals surface area contributed by atoms with Crippen molar-refractivity contribution in [3.63, 3.8) is 0 Å². The van der Waals surface area contributed by atoms with Crippen LogP contribution in [0.4, 0.5) is 0 Å². The molecule has 0 saturated carbocycles. The highest BCUT2D eigenvalue weighted by Crippen LogP contribution is 2.26. The quantitative estimate of drug-likeness (QED) is 0.606. The molecular weight excluding hydrogens is 428 g/mol. The Morgan fingerprint density at radius 3 is 2.16 bits per heavy atom. The third-order valence-corrected chi connectivity index (χ3v) is 8.93. The summed E-state index contributed by atoms with van der Waals surface area (Å²) in [7, 11) is -2.06. The molecule has 1 unspecified atom stereocenters. The summed E-state index contributed by atoms with van der Waals surface area (Å²) >= 11 is 0. The molecule has 0 bridgehead atoms. The van der Waals surface area contributed by atoms with E-state index in [4.69, 9.17) is 4.74 Å². The van der Waals surface area contributed by atoms with Crippen LogP contribution in [0.5, 0.6) is 5.75 Å². The molecule has 0 aromatic heterocycles. The lowest BCUT2D eigenvalue weighted by atomic mass is 9.98. The summed E-state index contributed by atoms with van der Waals surface area (Å²) in [6.07, 6.45) is 4.09. The molecule has 0 spiro atoms. The minimum absolute atomic E-state index is 0.110. The van der Waals surface area contributed by atoms with Crippen LogP contribution in [-0.4, -0.2) is 106 Å². The summed E-state index contributed by atoms with van der Waals surface area (Å²) in [4.78, 5) is 20.3. The van der Waals surface area contributed by atoms with E-state index in [2.05, 4.69) is 9.80 Å². The molecule has 4 rings (SSSR count). The van der Waals surface area contributed by atoms with Crippen molar-refractivity contribution in [2.75, 3.05) is 72.6 Å². The van der Waals surface area contributed by atoms with Gasteiger partial charge in [-0.3, -0.25) is 9.69 Å². The van der Waals surface area contributed by atoms with Crippen molar-refractivity contribution >= 4 is 15.9 Å². The third kappa shape index (κ3) is 5.44. The van der Waals surface area contributed by atoms with Gasteiger partial charge in [-0.05, 0) is 63.0 Å². The van der Waals surface area contributed by atoms with Gasteiger partial charge in [-0.15, -0.1) is 0 Å². The fourth-order valence-corrected chi connectivity index (χ4v) is 6.52. The smallest absolute Gasteiger partial charge is 0.243 e. The summed E-state index contributed by atoms with van der Waals surface area (Å²) in [6.45, 7) is 8.63. The molecule has 8 nitrogen and oxygen atoms in total. The Labute approximate surface area is 192 Å². The van der Waals surface area contributed by atoms with E-state index in [0.717, 1.165) is 45.7 Å². The van der Waals surface area contributed by atoms with Gasteiger partial charge in [0.25, 0.3) is 0 Å². The number of piperazine rings is 1. The predicted molar refractivity (Wildman–Crippen MR) is 123 cm³/mol. The number of rotatable bonds is 7. The molecule has 3 aliphatic heterocycles. The molecule has 3 aliphatic rings. The number of sulfonamides is 1. The highest BCUT2D eigenvalue weighted by molar-refractivity contribution is 7.89. The van der Waals surface area contributed by atoms with Crippen LogP contribution in [0.1, 0.15) is 25.7 Å². The van der Waals surface area contributed by atoms with Crippen LogP contribution in [0, 0.1) is 5.92 Å². The van der Waals surface area contributed by atoms with E-state index >= 15 is 0 Å². The van der Waals surface area contributed by atoms with Gasteiger partial charge in [0.05, 0.1) is 17.9 Å². The summed E-state index contributed by atoms with van der Waals surface area (Å²) in [6, 6.07) is 6.45. The van der Waals surface area contributed by atoms with Crippen LogP contribution in [0.3, 0.4) is 0 Å². The number of methoxy groups -OCH3 is 1. The lowest BCUT2D eigenvalue weighted by molar-refractivity contribution is -0.138. The van der Waals surface area contributed by atoms with Crippen LogP contribution in [0.2, 0.25) is 0 Å². The van der Waals surface area contributed by atoms with Crippen LogP contribution >= 0.6 is 0 Å². The highest BCUT2D eigenvalue weighted by atomic mass is 32.2. The summed E-state index contributed by atoms with van der Waals surface area (Å²) in [5.74, 6) is 0.474. The average Bonchev–Trinajstić information content (AvgIpc) is 3.36. The molecule has 3 heterocycles. The number of hydrogen-bond acceptors (Lipinski definition) is 6. The molecule has 9 heteroatoms. The van der Waals surface area contributed by atoms with Crippen LogP contribution < -0.4 is 4.74 Å². The van der Waals surface area contributed by atoms with Crippen molar-refractivity contribution in [1.29, 1.82) is 0 Å². The summed E-state index contributed by atoms with van der Waals surface area (Å²) in [5.41, 5.74) is 0. The number of amides is 1. The third-order valence-electron chi connectivity index (χ3n) is 7.05. The number of carbonyl (C=O) groups is 1. The van der Waals surface area contributed by atoms with E-state index in [0.29, 0.717) is 18.7 Å². The van der Waals surface area contributed by atoms with E-state index in [1.165, 1.54) is 30.2 Å². The largest absolute Gasteiger partial charge is 0.497 e. The van der Waals surface area contributed by atoms with Crippen molar-refractivity contribution in [2.24, 2.45) is 5.92 Å². The molecule has 1 aromatic rings. The first kappa shape index (κ1) is 23.5. The lowest BCUT2D eigenvalue weighted by Crippen LogP contribution is -2.53. The second-order valence-electron chi connectivity index (χ2n) is 9.09. The monoisotopic (exact) mass is 464 g/mol. The topological polar surface area (TPSA) is 73.4 Å². The van der Waals surface area contributed by atoms with Crippen molar-refractivity contribution in [2.45, 2.75) is 30.6 Å². The first-order chi connectivity index (χ1) is 15.5. The molecule has 1 aromatic carbocycles. The Bertz CT molecular complexity index is 862. The first-order valence-corrected chi connectivity index (χ1v) is 13.3. The minimum atomic E-state index is -3.61. The molecule has 3 fully saturated rings. The normalized spacial score (nSPS) is 24.0.